The van der Waals surface area contributed by atoms with Gasteiger partial charge in [0.25, 0.3) is 0 Å². The number of alkyl halides is 3. The lowest BCUT2D eigenvalue weighted by molar-refractivity contribution is -0.191. The van der Waals surface area contributed by atoms with Crippen LogP contribution in [0.2, 0.25) is 5.82 Å². The topological polar surface area (TPSA) is 57.3 Å². The van der Waals surface area contributed by atoms with Gasteiger partial charge in [-0.3, -0.25) is 4.79 Å². The zero-order valence-electron chi connectivity index (χ0n) is 14.5. The molecule has 2 rings (SSSR count). The number of halogens is 3. The number of methoxy groups -OCH3 is 1. The van der Waals surface area contributed by atoms with Crippen LogP contribution in [0.3, 0.4) is 0 Å². The van der Waals surface area contributed by atoms with Crippen LogP contribution in [0.4, 0.5) is 13.2 Å². The quantitative estimate of drug-likeness (QED) is 0.388. The van der Waals surface area contributed by atoms with Crippen molar-refractivity contribution < 1.29 is 36.9 Å². The molecule has 0 aromatic rings. The van der Waals surface area contributed by atoms with Gasteiger partial charge in [0.15, 0.2) is 0 Å². The smallest absolute Gasteiger partial charge is 0.380 e. The summed E-state index contributed by atoms with van der Waals surface area (Å²) < 4.78 is 57.4. The molecule has 25 heavy (non-hydrogen) atoms. The lowest BCUT2D eigenvalue weighted by Crippen LogP contribution is -2.66. The summed E-state index contributed by atoms with van der Waals surface area (Å²) in [6.45, 7) is 2.04. The van der Waals surface area contributed by atoms with E-state index >= 15 is 0 Å². The SMILES string of the molecule is [B]C1C[C@]2(CO2)[C@@H](C(C)(C)OCCOCC(F)(F)F)[C@]([B])(OC)C1=O. The normalized spacial score (nSPS) is 36.0. The fourth-order valence-electron chi connectivity index (χ4n) is 3.79. The van der Waals surface area contributed by atoms with Crippen LogP contribution in [0, 0.1) is 5.92 Å². The zero-order valence-corrected chi connectivity index (χ0v) is 14.5. The Balaban J connectivity index is 2.06. The number of ketones is 1. The molecule has 4 radical (unpaired) electrons. The number of hydrogen-bond acceptors (Lipinski definition) is 5. The van der Waals surface area contributed by atoms with E-state index in [9.17, 15) is 18.0 Å². The summed E-state index contributed by atoms with van der Waals surface area (Å²) in [4.78, 5) is 12.5. The number of carbonyl (C=O) groups is 1. The molecule has 0 amide bonds. The highest BCUT2D eigenvalue weighted by Crippen LogP contribution is 2.56. The van der Waals surface area contributed by atoms with E-state index < -0.39 is 47.0 Å². The first-order valence-electron chi connectivity index (χ1n) is 7.94. The Morgan fingerprint density at radius 3 is 2.40 bits per heavy atom. The van der Waals surface area contributed by atoms with Crippen LogP contribution in [0.1, 0.15) is 20.3 Å². The summed E-state index contributed by atoms with van der Waals surface area (Å²) >= 11 is 0. The minimum atomic E-state index is -4.39. The first-order chi connectivity index (χ1) is 11.4. The Morgan fingerprint density at radius 2 is 1.92 bits per heavy atom. The van der Waals surface area contributed by atoms with Crippen molar-refractivity contribution in [1.29, 1.82) is 0 Å². The van der Waals surface area contributed by atoms with Crippen molar-refractivity contribution in [2.75, 3.05) is 33.5 Å². The summed E-state index contributed by atoms with van der Waals surface area (Å²) in [6.07, 6.45) is -4.11. The van der Waals surface area contributed by atoms with E-state index in [2.05, 4.69) is 4.74 Å². The number of epoxide rings is 1. The number of carbonyl (C=O) groups excluding carboxylic acids is 1. The predicted octanol–water partition coefficient (Wildman–Crippen LogP) is 1.19. The predicted molar refractivity (Wildman–Crippen MR) is 83.7 cm³/mol. The second-order valence-electron chi connectivity index (χ2n) is 7.08. The van der Waals surface area contributed by atoms with Crippen molar-refractivity contribution in [2.45, 2.75) is 49.0 Å². The summed E-state index contributed by atoms with van der Waals surface area (Å²) in [6, 6.07) is 0. The van der Waals surface area contributed by atoms with Crippen LogP contribution >= 0.6 is 0 Å². The number of hydrogen-bond donors (Lipinski definition) is 0. The molecule has 4 atom stereocenters. The van der Waals surface area contributed by atoms with E-state index in [4.69, 9.17) is 29.9 Å². The van der Waals surface area contributed by atoms with Crippen LogP contribution in [-0.2, 0) is 23.7 Å². The van der Waals surface area contributed by atoms with Crippen LogP contribution in [0.5, 0.6) is 0 Å². The summed E-state index contributed by atoms with van der Waals surface area (Å²) in [5.74, 6) is -1.94. The Hall–Kier alpha value is -0.570. The van der Waals surface area contributed by atoms with Gasteiger partial charge < -0.3 is 18.9 Å². The molecule has 10 heteroatoms. The summed E-state index contributed by atoms with van der Waals surface area (Å²) in [5, 5.41) is 0. The van der Waals surface area contributed by atoms with E-state index in [1.165, 1.54) is 7.11 Å². The molecule has 0 N–H and O–H groups in total. The van der Waals surface area contributed by atoms with E-state index in [0.29, 0.717) is 6.61 Å². The molecule has 1 saturated carbocycles. The van der Waals surface area contributed by atoms with Crippen LogP contribution < -0.4 is 0 Å². The maximum absolute atomic E-state index is 12.5. The molecule has 0 bridgehead atoms. The Labute approximate surface area is 147 Å². The Morgan fingerprint density at radius 1 is 1.32 bits per heavy atom. The molecule has 1 unspecified atom stereocenters. The lowest BCUT2D eigenvalue weighted by atomic mass is 9.49. The molecule has 0 aromatic carbocycles. The van der Waals surface area contributed by atoms with Crippen LogP contribution in [0.25, 0.3) is 0 Å². The minimum Gasteiger partial charge on any atom is -0.380 e. The van der Waals surface area contributed by atoms with Crippen molar-refractivity contribution in [3.05, 3.63) is 0 Å². The molecular weight excluding hydrogens is 339 g/mol. The van der Waals surface area contributed by atoms with Crippen molar-refractivity contribution in [2.24, 2.45) is 5.92 Å². The van der Waals surface area contributed by atoms with Crippen molar-refractivity contribution in [3.63, 3.8) is 0 Å². The molecule has 1 aliphatic heterocycles. The van der Waals surface area contributed by atoms with Gasteiger partial charge in [0.1, 0.15) is 20.2 Å². The van der Waals surface area contributed by atoms with E-state index in [1.807, 2.05) is 0 Å². The monoisotopic (exact) mass is 360 g/mol. The molecule has 1 saturated heterocycles. The zero-order chi connectivity index (χ0) is 19.1. The van der Waals surface area contributed by atoms with E-state index in [1.54, 1.807) is 13.8 Å². The van der Waals surface area contributed by atoms with Gasteiger partial charge in [-0.15, -0.1) is 0 Å². The number of ether oxygens (including phenoxy) is 4. The molecule has 1 heterocycles. The third kappa shape index (κ3) is 4.23. The number of rotatable bonds is 7. The molecule has 0 aromatic heterocycles. The van der Waals surface area contributed by atoms with E-state index in [-0.39, 0.29) is 19.6 Å². The first kappa shape index (κ1) is 20.7. The van der Waals surface area contributed by atoms with Crippen molar-refractivity contribution in [3.8, 4) is 0 Å². The second-order valence-corrected chi connectivity index (χ2v) is 7.08. The second kappa shape index (κ2) is 6.87. The van der Waals surface area contributed by atoms with Gasteiger partial charge in [0.05, 0.1) is 44.4 Å². The van der Waals surface area contributed by atoms with Gasteiger partial charge in [-0.2, -0.15) is 13.2 Å². The standard InChI is InChI=1S/C15H21B2F3O5/c1-12(2,24-5-4-23-8-14(18,19)20)11-13(7-25-13)6-9(16)10(21)15(11,17)22-3/h9,11H,4-8H2,1-3H3/t9?,11-,13+,15-/m1/s1. The molecule has 2 fully saturated rings. The van der Waals surface area contributed by atoms with Gasteiger partial charge in [-0.25, -0.2) is 0 Å². The maximum atomic E-state index is 12.5. The largest absolute Gasteiger partial charge is 0.411 e. The third-order valence-corrected chi connectivity index (χ3v) is 4.76. The summed E-state index contributed by atoms with van der Waals surface area (Å²) in [7, 11) is 13.4. The molecular formula is C15H21B2F3O5. The molecule has 2 aliphatic rings. The van der Waals surface area contributed by atoms with Gasteiger partial charge >= 0.3 is 6.18 Å². The van der Waals surface area contributed by atoms with E-state index in [0.717, 1.165) is 0 Å². The Kier molecular flexibility index (Phi) is 5.70. The highest BCUT2D eigenvalue weighted by atomic mass is 19.4. The van der Waals surface area contributed by atoms with Gasteiger partial charge in [0, 0.05) is 13.0 Å². The van der Waals surface area contributed by atoms with Crippen molar-refractivity contribution >= 4 is 21.5 Å². The highest BCUT2D eigenvalue weighted by molar-refractivity contribution is 6.37. The maximum Gasteiger partial charge on any atom is 0.411 e. The average Bonchev–Trinajstić information content (AvgIpc) is 3.22. The third-order valence-electron chi connectivity index (χ3n) is 4.76. The van der Waals surface area contributed by atoms with Crippen molar-refractivity contribution in [1.82, 2.24) is 0 Å². The molecule has 138 valence electrons. The van der Waals surface area contributed by atoms with Gasteiger partial charge in [-0.1, -0.05) is 0 Å². The Bertz CT molecular complexity index is 510. The fraction of sp³-hybridized carbons (Fsp3) is 0.933. The molecule has 1 aliphatic carbocycles. The number of Topliss-reactive ketones (excluding diaryl/α,β-unsaturated/α-hetero) is 1. The summed E-state index contributed by atoms with van der Waals surface area (Å²) in [5.41, 5.74) is -3.46. The molecule has 5 nitrogen and oxygen atoms in total. The van der Waals surface area contributed by atoms with Crippen LogP contribution in [0.15, 0.2) is 0 Å². The lowest BCUT2D eigenvalue weighted by Gasteiger charge is -2.52. The van der Waals surface area contributed by atoms with Gasteiger partial charge in [0.2, 0.25) is 0 Å². The highest BCUT2D eigenvalue weighted by Gasteiger charge is 2.69. The van der Waals surface area contributed by atoms with Gasteiger partial charge in [-0.05, 0) is 26.1 Å². The van der Waals surface area contributed by atoms with Crippen LogP contribution in [-0.4, -0.2) is 77.9 Å². The molecule has 1 spiro atoms. The fourth-order valence-corrected chi connectivity index (χ4v) is 3.79. The first-order valence-corrected chi connectivity index (χ1v) is 7.94. The minimum absolute atomic E-state index is 0.101. The average molecular weight is 360 g/mol.